The van der Waals surface area contributed by atoms with Gasteiger partial charge in [-0.3, -0.25) is 14.9 Å². The van der Waals surface area contributed by atoms with Crippen LogP contribution in [0.5, 0.6) is 11.5 Å². The van der Waals surface area contributed by atoms with Gasteiger partial charge in [0.05, 0.1) is 11.3 Å². The first-order chi connectivity index (χ1) is 9.58. The number of ether oxygens (including phenoxy) is 1. The monoisotopic (exact) mass is 273 g/mol. The van der Waals surface area contributed by atoms with Gasteiger partial charge in [0.2, 0.25) is 5.75 Å². The summed E-state index contributed by atoms with van der Waals surface area (Å²) in [4.78, 5) is 21.3. The van der Waals surface area contributed by atoms with Crippen molar-refractivity contribution in [3.63, 3.8) is 0 Å². The van der Waals surface area contributed by atoms with Crippen molar-refractivity contribution in [3.8, 4) is 11.5 Å². The van der Waals surface area contributed by atoms with Crippen LogP contribution in [0.25, 0.3) is 0 Å². The van der Waals surface area contributed by atoms with E-state index in [9.17, 15) is 14.9 Å². The number of rotatable bonds is 5. The molecule has 0 aliphatic rings. The van der Waals surface area contributed by atoms with Gasteiger partial charge >= 0.3 is 11.7 Å². The molecular weight excluding hydrogens is 262 g/mol. The van der Waals surface area contributed by atoms with Crippen LogP contribution in [0.3, 0.4) is 0 Å². The fourth-order valence-corrected chi connectivity index (χ4v) is 1.78. The molecule has 2 aromatic carbocycles. The quantitative estimate of drug-likeness (QED) is 0.668. The molecule has 2 aromatic rings. The lowest BCUT2D eigenvalue weighted by atomic mass is 10.1. The largest absolute Gasteiger partial charge is 0.481 e. The number of carbonyl (C=O) groups is 1. The van der Waals surface area contributed by atoms with Gasteiger partial charge in [0, 0.05) is 5.56 Å². The highest BCUT2D eigenvalue weighted by atomic mass is 16.6. The maximum atomic E-state index is 11.1. The molecule has 0 atom stereocenters. The summed E-state index contributed by atoms with van der Waals surface area (Å²) in [5, 5.41) is 19.9. The van der Waals surface area contributed by atoms with Crippen molar-refractivity contribution in [2.45, 2.75) is 6.42 Å². The molecule has 0 aromatic heterocycles. The first kappa shape index (κ1) is 13.5. The zero-order chi connectivity index (χ0) is 14.5. The van der Waals surface area contributed by atoms with Gasteiger partial charge in [-0.2, -0.15) is 0 Å². The Kier molecular flexibility index (Phi) is 3.95. The van der Waals surface area contributed by atoms with E-state index in [0.717, 1.165) is 0 Å². The van der Waals surface area contributed by atoms with Gasteiger partial charge in [-0.05, 0) is 18.2 Å². The number of aliphatic carboxylic acids is 1. The Labute approximate surface area is 114 Å². The molecule has 0 heterocycles. The van der Waals surface area contributed by atoms with E-state index in [4.69, 9.17) is 9.84 Å². The molecule has 0 aliphatic heterocycles. The molecule has 6 heteroatoms. The number of benzene rings is 2. The maximum absolute atomic E-state index is 11.1. The fraction of sp³-hybridized carbons (Fsp3) is 0.0714. The summed E-state index contributed by atoms with van der Waals surface area (Å²) >= 11 is 0. The molecule has 0 fully saturated rings. The highest BCUT2D eigenvalue weighted by molar-refractivity contribution is 5.73. The Morgan fingerprint density at radius 3 is 2.45 bits per heavy atom. The van der Waals surface area contributed by atoms with E-state index >= 15 is 0 Å². The summed E-state index contributed by atoms with van der Waals surface area (Å²) in [6.45, 7) is 0. The van der Waals surface area contributed by atoms with E-state index in [-0.39, 0.29) is 17.0 Å². The van der Waals surface area contributed by atoms with Gasteiger partial charge < -0.3 is 9.84 Å². The van der Waals surface area contributed by atoms with Crippen LogP contribution >= 0.6 is 0 Å². The summed E-state index contributed by atoms with van der Waals surface area (Å²) in [6.07, 6.45) is -0.428. The Morgan fingerprint density at radius 1 is 1.15 bits per heavy atom. The second-order valence-corrected chi connectivity index (χ2v) is 4.01. The number of hydrogen-bond acceptors (Lipinski definition) is 4. The minimum atomic E-state index is -1.13. The molecule has 0 saturated carbocycles. The second-order valence-electron chi connectivity index (χ2n) is 4.01. The van der Waals surface area contributed by atoms with Crippen LogP contribution in [0.15, 0.2) is 48.5 Å². The number of nitro groups is 1. The third kappa shape index (κ3) is 3.11. The average molecular weight is 273 g/mol. The summed E-state index contributed by atoms with van der Waals surface area (Å²) in [7, 11) is 0. The zero-order valence-electron chi connectivity index (χ0n) is 10.4. The lowest BCUT2D eigenvalue weighted by Crippen LogP contribution is -2.04. The van der Waals surface area contributed by atoms with E-state index in [1.807, 2.05) is 0 Å². The minimum Gasteiger partial charge on any atom is -0.481 e. The standard InChI is InChI=1S/C14H11NO5/c16-13(17)9-10-5-4-8-12(14(10)15(18)19)20-11-6-2-1-3-7-11/h1-8H,9H2,(H,16,17). The molecule has 0 unspecified atom stereocenters. The van der Waals surface area contributed by atoms with Crippen molar-refractivity contribution in [2.24, 2.45) is 0 Å². The SMILES string of the molecule is O=C(O)Cc1cccc(Oc2ccccc2)c1[N+](=O)[O-]. The normalized spacial score (nSPS) is 10.0. The molecule has 0 bridgehead atoms. The highest BCUT2D eigenvalue weighted by Gasteiger charge is 2.22. The molecule has 0 amide bonds. The maximum Gasteiger partial charge on any atom is 0.315 e. The summed E-state index contributed by atoms with van der Waals surface area (Å²) < 4.78 is 5.46. The molecule has 0 radical (unpaired) electrons. The van der Waals surface area contributed by atoms with Gasteiger partial charge in [-0.1, -0.05) is 30.3 Å². The van der Waals surface area contributed by atoms with Crippen molar-refractivity contribution >= 4 is 11.7 Å². The molecule has 1 N–H and O–H groups in total. The van der Waals surface area contributed by atoms with Crippen molar-refractivity contribution < 1.29 is 19.6 Å². The van der Waals surface area contributed by atoms with Gasteiger partial charge in [0.1, 0.15) is 5.75 Å². The molecule has 6 nitrogen and oxygen atoms in total. The van der Waals surface area contributed by atoms with E-state index < -0.39 is 17.3 Å². The number of para-hydroxylation sites is 2. The van der Waals surface area contributed by atoms with Crippen LogP contribution in [-0.2, 0) is 11.2 Å². The Morgan fingerprint density at radius 2 is 1.85 bits per heavy atom. The third-order valence-corrected chi connectivity index (χ3v) is 2.58. The van der Waals surface area contributed by atoms with Crippen LogP contribution in [0, 0.1) is 10.1 Å². The Bertz CT molecular complexity index is 639. The predicted molar refractivity (Wildman–Crippen MR) is 71.0 cm³/mol. The lowest BCUT2D eigenvalue weighted by Gasteiger charge is -2.08. The Hall–Kier alpha value is -2.89. The van der Waals surface area contributed by atoms with Crippen LogP contribution in [0.4, 0.5) is 5.69 Å². The number of hydrogen-bond donors (Lipinski definition) is 1. The highest BCUT2D eigenvalue weighted by Crippen LogP contribution is 2.34. The number of carboxylic acids is 1. The van der Waals surface area contributed by atoms with Gasteiger partial charge in [0.15, 0.2) is 0 Å². The zero-order valence-corrected chi connectivity index (χ0v) is 10.4. The summed E-state index contributed by atoms with van der Waals surface area (Å²) in [6, 6.07) is 13.0. The summed E-state index contributed by atoms with van der Waals surface area (Å²) in [5.74, 6) is -0.659. The van der Waals surface area contributed by atoms with Crippen LogP contribution in [0.1, 0.15) is 5.56 Å². The molecule has 102 valence electrons. The van der Waals surface area contributed by atoms with Crippen LogP contribution < -0.4 is 4.74 Å². The molecular formula is C14H11NO5. The number of nitro benzene ring substituents is 1. The first-order valence-corrected chi connectivity index (χ1v) is 5.79. The van der Waals surface area contributed by atoms with Gasteiger partial charge in [-0.25, -0.2) is 0 Å². The predicted octanol–water partition coefficient (Wildman–Crippen LogP) is 3.01. The number of carboxylic acid groups (broad SMARTS) is 1. The van der Waals surface area contributed by atoms with Crippen molar-refractivity contribution in [1.29, 1.82) is 0 Å². The van der Waals surface area contributed by atoms with E-state index in [1.54, 1.807) is 30.3 Å². The van der Waals surface area contributed by atoms with E-state index in [2.05, 4.69) is 0 Å². The summed E-state index contributed by atoms with van der Waals surface area (Å²) in [5.41, 5.74) is -0.213. The average Bonchev–Trinajstić information content (AvgIpc) is 2.39. The van der Waals surface area contributed by atoms with E-state index in [1.165, 1.54) is 18.2 Å². The van der Waals surface area contributed by atoms with Crippen molar-refractivity contribution in [1.82, 2.24) is 0 Å². The van der Waals surface area contributed by atoms with Crippen molar-refractivity contribution in [3.05, 3.63) is 64.2 Å². The van der Waals surface area contributed by atoms with Crippen LogP contribution in [-0.4, -0.2) is 16.0 Å². The Balaban J connectivity index is 2.42. The molecule has 0 aliphatic carbocycles. The second kappa shape index (κ2) is 5.83. The molecule has 20 heavy (non-hydrogen) atoms. The first-order valence-electron chi connectivity index (χ1n) is 5.79. The molecule has 0 saturated heterocycles. The van der Waals surface area contributed by atoms with Crippen molar-refractivity contribution in [2.75, 3.05) is 0 Å². The molecule has 2 rings (SSSR count). The molecule has 0 spiro atoms. The third-order valence-electron chi connectivity index (χ3n) is 2.58. The minimum absolute atomic E-state index is 0.0277. The smallest absolute Gasteiger partial charge is 0.315 e. The van der Waals surface area contributed by atoms with Gasteiger partial charge in [-0.15, -0.1) is 0 Å². The topological polar surface area (TPSA) is 89.7 Å². The van der Waals surface area contributed by atoms with E-state index in [0.29, 0.717) is 5.75 Å². The fourth-order valence-electron chi connectivity index (χ4n) is 1.78. The number of nitrogens with zero attached hydrogens (tertiary/aromatic N) is 1. The van der Waals surface area contributed by atoms with Gasteiger partial charge in [0.25, 0.3) is 0 Å². The lowest BCUT2D eigenvalue weighted by molar-refractivity contribution is -0.386. The van der Waals surface area contributed by atoms with Crippen LogP contribution in [0.2, 0.25) is 0 Å².